The van der Waals surface area contributed by atoms with E-state index in [1.807, 2.05) is 12.1 Å². The Hall–Kier alpha value is -0.810. The van der Waals surface area contributed by atoms with Crippen molar-refractivity contribution in [3.8, 4) is 5.75 Å². The molecule has 0 fully saturated rings. The van der Waals surface area contributed by atoms with E-state index in [0.717, 1.165) is 0 Å². The quantitative estimate of drug-likeness (QED) is 0.678. The minimum absolute atomic E-state index is 0.0709. The summed E-state index contributed by atoms with van der Waals surface area (Å²) in [6.07, 6.45) is 6.12. The van der Waals surface area contributed by atoms with Crippen LogP contribution in [0.2, 0.25) is 0 Å². The molecule has 1 aliphatic rings. The van der Waals surface area contributed by atoms with Gasteiger partial charge in [-0.3, -0.25) is 0 Å². The van der Waals surface area contributed by atoms with E-state index in [4.69, 9.17) is 5.11 Å². The van der Waals surface area contributed by atoms with E-state index in [-0.39, 0.29) is 7.92 Å². The highest BCUT2D eigenvalue weighted by Gasteiger charge is 2.09. The molecule has 1 N–H and O–H groups in total. The minimum atomic E-state index is -0.0709. The summed E-state index contributed by atoms with van der Waals surface area (Å²) in [5, 5.41) is 10.5. The molecule has 13 heavy (non-hydrogen) atoms. The molecule has 1 aliphatic heterocycles. The molecule has 0 aromatic heterocycles. The van der Waals surface area contributed by atoms with E-state index in [9.17, 15) is 0 Å². The van der Waals surface area contributed by atoms with Crippen molar-refractivity contribution in [1.29, 1.82) is 0 Å². The minimum Gasteiger partial charge on any atom is -0.508 e. The van der Waals surface area contributed by atoms with Crippen molar-refractivity contribution >= 4 is 13.2 Å². The summed E-state index contributed by atoms with van der Waals surface area (Å²) in [5.74, 6) is 2.70. The molecule has 2 heteroatoms. The zero-order chi connectivity index (χ0) is 9.10. The van der Waals surface area contributed by atoms with Gasteiger partial charge in [0.15, 0.2) is 0 Å². The van der Waals surface area contributed by atoms with E-state index in [0.29, 0.717) is 5.75 Å². The molecule has 0 bridgehead atoms. The second-order valence-electron chi connectivity index (χ2n) is 3.24. The predicted octanol–water partition coefficient (Wildman–Crippen LogP) is 2.81. The number of benzene rings is 1. The predicted molar refractivity (Wildman–Crippen MR) is 57.9 cm³/mol. The third kappa shape index (κ3) is 2.10. The number of hydrogen-bond acceptors (Lipinski definition) is 1. The molecule has 1 atom stereocenters. The van der Waals surface area contributed by atoms with Crippen LogP contribution in [0.1, 0.15) is 12.8 Å². The van der Waals surface area contributed by atoms with Gasteiger partial charge < -0.3 is 5.11 Å². The van der Waals surface area contributed by atoms with Crippen LogP contribution in [-0.4, -0.2) is 11.3 Å². The number of hydrogen-bond donors (Lipinski definition) is 1. The van der Waals surface area contributed by atoms with E-state index in [2.05, 4.69) is 11.9 Å². The van der Waals surface area contributed by atoms with Crippen LogP contribution in [0.5, 0.6) is 5.75 Å². The van der Waals surface area contributed by atoms with Gasteiger partial charge in [0.25, 0.3) is 0 Å². The molecule has 68 valence electrons. The van der Waals surface area contributed by atoms with E-state index in [1.165, 1.54) is 24.3 Å². The van der Waals surface area contributed by atoms with Crippen LogP contribution in [0, 0.1) is 0 Å². The molecule has 0 spiro atoms. The Kier molecular flexibility index (Phi) is 2.65. The fraction of sp³-hybridized carbons (Fsp3) is 0.273. The summed E-state index contributed by atoms with van der Waals surface area (Å²) < 4.78 is 0. The Bertz CT molecular complexity index is 302. The van der Waals surface area contributed by atoms with Crippen molar-refractivity contribution in [2.75, 3.05) is 6.16 Å². The first kappa shape index (κ1) is 8.77. The Morgan fingerprint density at radius 2 is 1.92 bits per heavy atom. The van der Waals surface area contributed by atoms with Crippen LogP contribution in [0.25, 0.3) is 0 Å². The van der Waals surface area contributed by atoms with Gasteiger partial charge in [0.2, 0.25) is 0 Å². The summed E-state index contributed by atoms with van der Waals surface area (Å²) in [6, 6.07) is 7.63. The van der Waals surface area contributed by atoms with Crippen LogP contribution in [0.3, 0.4) is 0 Å². The van der Waals surface area contributed by atoms with Gasteiger partial charge in [-0.25, -0.2) is 0 Å². The maximum atomic E-state index is 9.14. The molecule has 0 saturated heterocycles. The first-order chi connectivity index (χ1) is 6.36. The third-order valence-corrected chi connectivity index (χ3v) is 4.57. The molecule has 0 amide bonds. The molecule has 0 saturated carbocycles. The summed E-state index contributed by atoms with van der Waals surface area (Å²) >= 11 is 0. The maximum absolute atomic E-state index is 9.14. The van der Waals surface area contributed by atoms with E-state index in [1.54, 1.807) is 12.1 Å². The van der Waals surface area contributed by atoms with Crippen LogP contribution in [0.15, 0.2) is 36.2 Å². The fourth-order valence-electron chi connectivity index (χ4n) is 1.52. The maximum Gasteiger partial charge on any atom is 0.115 e. The first-order valence-electron chi connectivity index (χ1n) is 4.58. The molecule has 1 aromatic rings. The average Bonchev–Trinajstić information content (AvgIpc) is 2.20. The lowest BCUT2D eigenvalue weighted by Crippen LogP contribution is -2.02. The number of allylic oxidation sites excluding steroid dienone is 1. The molecular formula is C11H13OP. The van der Waals surface area contributed by atoms with Crippen LogP contribution in [-0.2, 0) is 0 Å². The Labute approximate surface area is 79.9 Å². The highest BCUT2D eigenvalue weighted by atomic mass is 31.1. The van der Waals surface area contributed by atoms with Gasteiger partial charge >= 0.3 is 0 Å². The van der Waals surface area contributed by atoms with Gasteiger partial charge in [0.1, 0.15) is 5.75 Å². The van der Waals surface area contributed by atoms with E-state index >= 15 is 0 Å². The normalized spacial score (nSPS) is 21.7. The molecule has 1 aromatic carbocycles. The second-order valence-corrected chi connectivity index (χ2v) is 5.44. The number of rotatable bonds is 1. The molecular weight excluding hydrogens is 179 g/mol. The molecule has 1 nitrogen and oxygen atoms in total. The smallest absolute Gasteiger partial charge is 0.115 e. The zero-order valence-electron chi connectivity index (χ0n) is 7.48. The van der Waals surface area contributed by atoms with Crippen LogP contribution >= 0.6 is 7.92 Å². The summed E-state index contributed by atoms with van der Waals surface area (Å²) in [4.78, 5) is 0. The molecule has 0 aliphatic carbocycles. The second kappa shape index (κ2) is 3.93. The summed E-state index contributed by atoms with van der Waals surface area (Å²) in [6.45, 7) is 0. The lowest BCUT2D eigenvalue weighted by molar-refractivity contribution is 0.475. The molecule has 1 heterocycles. The van der Waals surface area contributed by atoms with Crippen LogP contribution < -0.4 is 5.30 Å². The molecule has 0 radical (unpaired) electrons. The average molecular weight is 192 g/mol. The van der Waals surface area contributed by atoms with Crippen molar-refractivity contribution in [1.82, 2.24) is 0 Å². The van der Waals surface area contributed by atoms with Gasteiger partial charge in [-0.2, -0.15) is 0 Å². The highest BCUT2D eigenvalue weighted by molar-refractivity contribution is 7.68. The Morgan fingerprint density at radius 1 is 1.15 bits per heavy atom. The number of phenols is 1. The van der Waals surface area contributed by atoms with Crippen molar-refractivity contribution in [2.24, 2.45) is 0 Å². The molecule has 1 unspecified atom stereocenters. The SMILES string of the molecule is Oc1ccc(P2C=CCCC2)cc1. The van der Waals surface area contributed by atoms with Crippen LogP contribution in [0.4, 0.5) is 0 Å². The standard InChI is InChI=1S/C11H13OP/c12-10-4-6-11(7-5-10)13-8-2-1-3-9-13/h2,4-8,12H,1,3,9H2. The van der Waals surface area contributed by atoms with Gasteiger partial charge in [-0.15, -0.1) is 0 Å². The number of aromatic hydroxyl groups is 1. The highest BCUT2D eigenvalue weighted by Crippen LogP contribution is 2.40. The lowest BCUT2D eigenvalue weighted by Gasteiger charge is -2.16. The topological polar surface area (TPSA) is 20.2 Å². The van der Waals surface area contributed by atoms with Gasteiger partial charge in [0, 0.05) is 0 Å². The zero-order valence-corrected chi connectivity index (χ0v) is 8.37. The Morgan fingerprint density at radius 3 is 2.54 bits per heavy atom. The third-order valence-electron chi connectivity index (χ3n) is 2.24. The Balaban J connectivity index is 2.19. The van der Waals surface area contributed by atoms with Gasteiger partial charge in [-0.1, -0.05) is 31.9 Å². The van der Waals surface area contributed by atoms with Gasteiger partial charge in [-0.05, 0) is 36.4 Å². The van der Waals surface area contributed by atoms with E-state index < -0.39 is 0 Å². The number of phenolic OH excluding ortho intramolecular Hbond substituents is 1. The van der Waals surface area contributed by atoms with Crippen molar-refractivity contribution < 1.29 is 5.11 Å². The first-order valence-corrected chi connectivity index (χ1v) is 6.18. The van der Waals surface area contributed by atoms with Crippen molar-refractivity contribution in [3.63, 3.8) is 0 Å². The largest absolute Gasteiger partial charge is 0.508 e. The van der Waals surface area contributed by atoms with Gasteiger partial charge in [0.05, 0.1) is 0 Å². The summed E-state index contributed by atoms with van der Waals surface area (Å²) in [7, 11) is -0.0709. The molecule has 2 rings (SSSR count). The lowest BCUT2D eigenvalue weighted by atomic mass is 10.3. The fourth-order valence-corrected chi connectivity index (χ4v) is 3.55. The monoisotopic (exact) mass is 192 g/mol. The van der Waals surface area contributed by atoms with Crippen molar-refractivity contribution in [2.45, 2.75) is 12.8 Å². The van der Waals surface area contributed by atoms with Crippen molar-refractivity contribution in [3.05, 3.63) is 36.2 Å². The summed E-state index contributed by atoms with van der Waals surface area (Å²) in [5.41, 5.74) is 0.